The minimum Gasteiger partial charge on any atom is -0.497 e. The first-order valence-corrected chi connectivity index (χ1v) is 5.46. The zero-order valence-electron chi connectivity index (χ0n) is 9.81. The molecule has 1 aromatic carbocycles. The highest BCUT2D eigenvalue weighted by Crippen LogP contribution is 2.20. The summed E-state index contributed by atoms with van der Waals surface area (Å²) >= 11 is 0. The van der Waals surface area contributed by atoms with Crippen molar-refractivity contribution in [1.29, 1.82) is 0 Å². The average Bonchev–Trinajstić information content (AvgIpc) is 2.54. The number of hydrogen-bond acceptors (Lipinski definition) is 3. The number of methoxy groups -OCH3 is 1. The molecule has 4 nitrogen and oxygen atoms in total. The van der Waals surface area contributed by atoms with Crippen molar-refractivity contribution in [1.82, 2.24) is 5.32 Å². The van der Waals surface area contributed by atoms with Crippen molar-refractivity contribution >= 4 is 24.0 Å². The van der Waals surface area contributed by atoms with Gasteiger partial charge in [-0.25, -0.2) is 0 Å². The smallest absolute Gasteiger partial charge is 0.228 e. The van der Waals surface area contributed by atoms with E-state index in [0.29, 0.717) is 6.42 Å². The molecule has 1 aliphatic rings. The van der Waals surface area contributed by atoms with E-state index in [1.165, 1.54) is 0 Å². The van der Waals surface area contributed by atoms with Crippen LogP contribution in [0.4, 0.5) is 5.69 Å². The van der Waals surface area contributed by atoms with Crippen molar-refractivity contribution in [2.24, 2.45) is 0 Å². The molecule has 0 bridgehead atoms. The number of carbonyl (C=O) groups excluding carboxylic acids is 1. The van der Waals surface area contributed by atoms with Crippen molar-refractivity contribution in [3.63, 3.8) is 0 Å². The molecule has 5 heteroatoms. The molecule has 1 fully saturated rings. The third-order valence-corrected chi connectivity index (χ3v) is 2.71. The van der Waals surface area contributed by atoms with Gasteiger partial charge in [-0.05, 0) is 24.3 Å². The fraction of sp³-hybridized carbons (Fsp3) is 0.417. The largest absolute Gasteiger partial charge is 0.497 e. The van der Waals surface area contributed by atoms with Crippen molar-refractivity contribution in [3.8, 4) is 5.75 Å². The van der Waals surface area contributed by atoms with E-state index >= 15 is 0 Å². The minimum atomic E-state index is 0. The summed E-state index contributed by atoms with van der Waals surface area (Å²) < 4.78 is 5.09. The van der Waals surface area contributed by atoms with Gasteiger partial charge >= 0.3 is 0 Å². The first-order chi connectivity index (χ1) is 7.81. The van der Waals surface area contributed by atoms with Crippen LogP contribution in [0, 0.1) is 0 Å². The third kappa shape index (κ3) is 3.35. The lowest BCUT2D eigenvalue weighted by molar-refractivity contribution is -0.118. The highest BCUT2D eigenvalue weighted by atomic mass is 35.5. The number of nitrogens with zero attached hydrogens (tertiary/aromatic N) is 1. The second kappa shape index (κ2) is 6.47. The van der Waals surface area contributed by atoms with Crippen LogP contribution in [-0.2, 0) is 4.79 Å². The fourth-order valence-corrected chi connectivity index (χ4v) is 1.81. The van der Waals surface area contributed by atoms with Crippen LogP contribution in [0.25, 0.3) is 0 Å². The Bertz CT molecular complexity index is 367. The van der Waals surface area contributed by atoms with E-state index in [2.05, 4.69) is 5.32 Å². The van der Waals surface area contributed by atoms with Gasteiger partial charge < -0.3 is 15.0 Å². The number of amides is 1. The van der Waals surface area contributed by atoms with Gasteiger partial charge in [-0.1, -0.05) is 0 Å². The molecule has 0 unspecified atom stereocenters. The summed E-state index contributed by atoms with van der Waals surface area (Å²) in [7, 11) is 1.63. The third-order valence-electron chi connectivity index (χ3n) is 2.71. The Morgan fingerprint density at radius 2 is 1.94 bits per heavy atom. The molecule has 1 N–H and O–H groups in total. The highest BCUT2D eigenvalue weighted by molar-refractivity contribution is 5.93. The van der Waals surface area contributed by atoms with E-state index in [9.17, 15) is 4.79 Å². The van der Waals surface area contributed by atoms with E-state index < -0.39 is 0 Å². The van der Waals surface area contributed by atoms with E-state index in [1.54, 1.807) is 7.11 Å². The van der Waals surface area contributed by atoms with Crippen LogP contribution in [0.5, 0.6) is 5.75 Å². The Kier molecular flexibility index (Phi) is 5.25. The average molecular weight is 257 g/mol. The molecular weight excluding hydrogens is 240 g/mol. The minimum absolute atomic E-state index is 0. The standard InChI is InChI=1S/C12H16N2O2.ClH/c1-16-11-4-2-10(3-5-11)14-9-8-13-7-6-12(14)15;/h2-5,13H,6-9H2,1H3;1H. The Morgan fingerprint density at radius 1 is 1.24 bits per heavy atom. The SMILES string of the molecule is COc1ccc(N2CCNCCC2=O)cc1.Cl. The molecular formula is C12H17ClN2O2. The van der Waals surface area contributed by atoms with Crippen LogP contribution in [0.1, 0.15) is 6.42 Å². The maximum atomic E-state index is 11.8. The summed E-state index contributed by atoms with van der Waals surface area (Å²) in [6, 6.07) is 7.59. The van der Waals surface area contributed by atoms with Gasteiger partial charge in [-0.15, -0.1) is 12.4 Å². The number of benzene rings is 1. The molecule has 1 aliphatic heterocycles. The second-order valence-electron chi connectivity index (χ2n) is 3.74. The summed E-state index contributed by atoms with van der Waals surface area (Å²) in [6.07, 6.45) is 0.562. The molecule has 1 heterocycles. The second-order valence-corrected chi connectivity index (χ2v) is 3.74. The molecule has 94 valence electrons. The monoisotopic (exact) mass is 256 g/mol. The van der Waals surface area contributed by atoms with Crippen LogP contribution in [0.2, 0.25) is 0 Å². The van der Waals surface area contributed by atoms with Gasteiger partial charge in [-0.2, -0.15) is 0 Å². The van der Waals surface area contributed by atoms with Crippen molar-refractivity contribution in [3.05, 3.63) is 24.3 Å². The molecule has 1 aromatic rings. The van der Waals surface area contributed by atoms with Crippen molar-refractivity contribution < 1.29 is 9.53 Å². The molecule has 2 rings (SSSR count). The van der Waals surface area contributed by atoms with E-state index in [4.69, 9.17) is 4.74 Å². The first-order valence-electron chi connectivity index (χ1n) is 5.46. The molecule has 0 saturated carbocycles. The summed E-state index contributed by atoms with van der Waals surface area (Å²) in [4.78, 5) is 13.6. The molecule has 1 saturated heterocycles. The summed E-state index contributed by atoms with van der Waals surface area (Å²) in [5.74, 6) is 0.985. The van der Waals surface area contributed by atoms with Crippen LogP contribution in [0.15, 0.2) is 24.3 Å². The Hall–Kier alpha value is -1.26. The van der Waals surface area contributed by atoms with Gasteiger partial charge in [0.2, 0.25) is 5.91 Å². The molecule has 1 amide bonds. The number of rotatable bonds is 2. The van der Waals surface area contributed by atoms with E-state index in [1.807, 2.05) is 29.2 Å². The van der Waals surface area contributed by atoms with Gasteiger partial charge in [0.1, 0.15) is 5.75 Å². The number of anilines is 1. The quantitative estimate of drug-likeness (QED) is 0.871. The Balaban J connectivity index is 0.00000144. The van der Waals surface area contributed by atoms with Crippen LogP contribution in [-0.4, -0.2) is 32.7 Å². The predicted octanol–water partition coefficient (Wildman–Crippen LogP) is 1.44. The fourth-order valence-electron chi connectivity index (χ4n) is 1.81. The molecule has 0 spiro atoms. The lowest BCUT2D eigenvalue weighted by Crippen LogP contribution is -2.32. The van der Waals surface area contributed by atoms with Gasteiger partial charge in [0.15, 0.2) is 0 Å². The lowest BCUT2D eigenvalue weighted by atomic mass is 10.2. The zero-order valence-corrected chi connectivity index (χ0v) is 10.6. The Labute approximate surface area is 107 Å². The van der Waals surface area contributed by atoms with Gasteiger partial charge in [-0.3, -0.25) is 4.79 Å². The molecule has 0 aromatic heterocycles. The maximum Gasteiger partial charge on any atom is 0.228 e. The van der Waals surface area contributed by atoms with Crippen LogP contribution in [0.3, 0.4) is 0 Å². The van der Waals surface area contributed by atoms with Crippen molar-refractivity contribution in [2.45, 2.75) is 6.42 Å². The number of carbonyl (C=O) groups is 1. The van der Waals surface area contributed by atoms with Crippen molar-refractivity contribution in [2.75, 3.05) is 31.6 Å². The Morgan fingerprint density at radius 3 is 2.59 bits per heavy atom. The number of hydrogen-bond donors (Lipinski definition) is 1. The lowest BCUT2D eigenvalue weighted by Gasteiger charge is -2.20. The summed E-state index contributed by atoms with van der Waals surface area (Å²) in [5, 5.41) is 3.21. The normalized spacial score (nSPS) is 16.1. The van der Waals surface area contributed by atoms with Gasteiger partial charge in [0.05, 0.1) is 7.11 Å². The van der Waals surface area contributed by atoms with Gasteiger partial charge in [0, 0.05) is 31.7 Å². The predicted molar refractivity (Wildman–Crippen MR) is 70.1 cm³/mol. The van der Waals surface area contributed by atoms with E-state index in [0.717, 1.165) is 31.1 Å². The van der Waals surface area contributed by atoms with Gasteiger partial charge in [0.25, 0.3) is 0 Å². The van der Waals surface area contributed by atoms with Crippen LogP contribution < -0.4 is 15.0 Å². The number of ether oxygens (including phenoxy) is 1. The van der Waals surface area contributed by atoms with Crippen LogP contribution >= 0.6 is 12.4 Å². The number of halogens is 1. The van der Waals surface area contributed by atoms with E-state index in [-0.39, 0.29) is 18.3 Å². The molecule has 0 atom stereocenters. The number of nitrogens with one attached hydrogen (secondary N) is 1. The highest BCUT2D eigenvalue weighted by Gasteiger charge is 2.17. The molecule has 0 radical (unpaired) electrons. The zero-order chi connectivity index (χ0) is 11.4. The summed E-state index contributed by atoms with van der Waals surface area (Å²) in [6.45, 7) is 2.34. The topological polar surface area (TPSA) is 41.6 Å². The molecule has 0 aliphatic carbocycles. The molecule has 17 heavy (non-hydrogen) atoms. The first kappa shape index (κ1) is 13.8. The maximum absolute atomic E-state index is 11.8. The summed E-state index contributed by atoms with van der Waals surface area (Å²) in [5.41, 5.74) is 0.939.